The molecule has 2 N–H and O–H groups in total. The van der Waals surface area contributed by atoms with Gasteiger partial charge in [0.1, 0.15) is 0 Å². The van der Waals surface area contributed by atoms with Gasteiger partial charge in [-0.2, -0.15) is 0 Å². The van der Waals surface area contributed by atoms with Crippen molar-refractivity contribution in [1.82, 2.24) is 5.32 Å². The third kappa shape index (κ3) is 4.11. The molecule has 1 unspecified atom stereocenters. The van der Waals surface area contributed by atoms with E-state index in [2.05, 4.69) is 24.5 Å². The van der Waals surface area contributed by atoms with E-state index in [-0.39, 0.29) is 12.5 Å². The second-order valence-corrected chi connectivity index (χ2v) is 6.94. The Bertz CT molecular complexity index is 482. The molecule has 0 radical (unpaired) electrons. The van der Waals surface area contributed by atoms with Gasteiger partial charge in [-0.3, -0.25) is 4.79 Å². The second kappa shape index (κ2) is 6.33. The molecule has 1 aliphatic rings. The van der Waals surface area contributed by atoms with Gasteiger partial charge in [-0.05, 0) is 36.8 Å². The Labute approximate surface area is 130 Å². The van der Waals surface area contributed by atoms with Gasteiger partial charge >= 0.3 is 0 Å². The standard InChI is InChI=1S/C15H20Cl2N2O/c1-15(2)7-6-10(8-15)18-9-13(20)19-14-11(16)4-3-5-12(14)17/h3-5,10,18H,6-9H2,1-2H3,(H,19,20). The van der Waals surface area contributed by atoms with Gasteiger partial charge in [0.05, 0.1) is 22.3 Å². The minimum atomic E-state index is -0.121. The summed E-state index contributed by atoms with van der Waals surface area (Å²) in [4.78, 5) is 11.9. The summed E-state index contributed by atoms with van der Waals surface area (Å²) in [6, 6.07) is 5.57. The van der Waals surface area contributed by atoms with Crippen LogP contribution in [0.5, 0.6) is 0 Å². The molecule has 0 spiro atoms. The number of anilines is 1. The number of para-hydroxylation sites is 1. The van der Waals surface area contributed by atoms with Crippen LogP contribution in [0.25, 0.3) is 0 Å². The van der Waals surface area contributed by atoms with Crippen molar-refractivity contribution in [2.24, 2.45) is 5.41 Å². The van der Waals surface area contributed by atoms with E-state index in [1.807, 2.05) is 0 Å². The Morgan fingerprint density at radius 2 is 2.00 bits per heavy atom. The molecule has 0 aliphatic heterocycles. The van der Waals surface area contributed by atoms with Gasteiger partial charge in [0.15, 0.2) is 0 Å². The number of benzene rings is 1. The molecule has 1 aliphatic carbocycles. The maximum Gasteiger partial charge on any atom is 0.238 e. The Morgan fingerprint density at radius 3 is 2.55 bits per heavy atom. The largest absolute Gasteiger partial charge is 0.322 e. The summed E-state index contributed by atoms with van der Waals surface area (Å²) in [7, 11) is 0. The van der Waals surface area contributed by atoms with Crippen molar-refractivity contribution in [1.29, 1.82) is 0 Å². The van der Waals surface area contributed by atoms with Crippen molar-refractivity contribution in [3.8, 4) is 0 Å². The van der Waals surface area contributed by atoms with Crippen molar-refractivity contribution >= 4 is 34.8 Å². The van der Waals surface area contributed by atoms with E-state index < -0.39 is 0 Å². The van der Waals surface area contributed by atoms with Crippen LogP contribution in [-0.4, -0.2) is 18.5 Å². The Kier molecular flexibility index (Phi) is 4.95. The fraction of sp³-hybridized carbons (Fsp3) is 0.533. The highest BCUT2D eigenvalue weighted by atomic mass is 35.5. The number of amides is 1. The summed E-state index contributed by atoms with van der Waals surface area (Å²) in [6.45, 7) is 4.80. The first kappa shape index (κ1) is 15.6. The monoisotopic (exact) mass is 314 g/mol. The molecule has 0 saturated heterocycles. The highest BCUT2D eigenvalue weighted by molar-refractivity contribution is 6.39. The molecule has 1 fully saturated rings. The summed E-state index contributed by atoms with van der Waals surface area (Å²) in [5, 5.41) is 6.96. The van der Waals surface area contributed by atoms with Crippen LogP contribution in [0.2, 0.25) is 10.0 Å². The lowest BCUT2D eigenvalue weighted by Crippen LogP contribution is -2.35. The summed E-state index contributed by atoms with van der Waals surface area (Å²) < 4.78 is 0. The van der Waals surface area contributed by atoms with E-state index in [1.165, 1.54) is 6.42 Å². The topological polar surface area (TPSA) is 41.1 Å². The molecule has 2 rings (SSSR count). The fourth-order valence-electron chi connectivity index (χ4n) is 2.65. The van der Waals surface area contributed by atoms with E-state index in [4.69, 9.17) is 23.2 Å². The zero-order valence-corrected chi connectivity index (χ0v) is 13.3. The number of carbonyl (C=O) groups is 1. The fourth-order valence-corrected chi connectivity index (χ4v) is 3.14. The van der Waals surface area contributed by atoms with Crippen LogP contribution in [0, 0.1) is 5.41 Å². The van der Waals surface area contributed by atoms with Gasteiger partial charge in [0.25, 0.3) is 0 Å². The first-order valence-corrected chi connectivity index (χ1v) is 7.60. The Balaban J connectivity index is 1.84. The lowest BCUT2D eigenvalue weighted by Gasteiger charge is -2.18. The molecule has 1 saturated carbocycles. The molecule has 1 aromatic carbocycles. The average molecular weight is 315 g/mol. The average Bonchev–Trinajstić information content (AvgIpc) is 2.71. The molecule has 3 nitrogen and oxygen atoms in total. The van der Waals surface area contributed by atoms with Crippen LogP contribution in [0.4, 0.5) is 5.69 Å². The predicted molar refractivity (Wildman–Crippen MR) is 84.5 cm³/mol. The van der Waals surface area contributed by atoms with Crippen LogP contribution in [0.15, 0.2) is 18.2 Å². The van der Waals surface area contributed by atoms with Crippen LogP contribution < -0.4 is 10.6 Å². The van der Waals surface area contributed by atoms with Gasteiger partial charge < -0.3 is 10.6 Å². The Hall–Kier alpha value is -0.770. The number of hydrogen-bond acceptors (Lipinski definition) is 2. The second-order valence-electron chi connectivity index (χ2n) is 6.13. The number of carbonyl (C=O) groups excluding carboxylic acids is 1. The lowest BCUT2D eigenvalue weighted by atomic mass is 9.92. The van der Waals surface area contributed by atoms with Gasteiger partial charge in [0.2, 0.25) is 5.91 Å². The summed E-state index contributed by atoms with van der Waals surface area (Å²) >= 11 is 12.0. The van der Waals surface area contributed by atoms with Gasteiger partial charge in [0, 0.05) is 6.04 Å². The molecule has 20 heavy (non-hydrogen) atoms. The number of hydrogen-bond donors (Lipinski definition) is 2. The van der Waals surface area contributed by atoms with Crippen molar-refractivity contribution in [3.05, 3.63) is 28.2 Å². The third-order valence-electron chi connectivity index (χ3n) is 3.75. The molecular weight excluding hydrogens is 295 g/mol. The molecule has 1 aromatic rings. The van der Waals surface area contributed by atoms with Gasteiger partial charge in [-0.1, -0.05) is 43.1 Å². The van der Waals surface area contributed by atoms with Crippen LogP contribution >= 0.6 is 23.2 Å². The van der Waals surface area contributed by atoms with Crippen LogP contribution in [0.1, 0.15) is 33.1 Å². The number of rotatable bonds is 4. The van der Waals surface area contributed by atoms with Crippen molar-refractivity contribution < 1.29 is 4.79 Å². The summed E-state index contributed by atoms with van der Waals surface area (Å²) in [5.41, 5.74) is 0.856. The molecular formula is C15H20Cl2N2O. The van der Waals surface area contributed by atoms with E-state index in [0.717, 1.165) is 12.8 Å². The molecule has 0 bridgehead atoms. The highest BCUT2D eigenvalue weighted by Gasteiger charge is 2.30. The van der Waals surface area contributed by atoms with Crippen molar-refractivity contribution in [2.45, 2.75) is 39.2 Å². The molecule has 5 heteroatoms. The zero-order chi connectivity index (χ0) is 14.8. The van der Waals surface area contributed by atoms with E-state index in [1.54, 1.807) is 18.2 Å². The first-order valence-electron chi connectivity index (χ1n) is 6.85. The number of nitrogens with one attached hydrogen (secondary N) is 2. The normalized spacial score (nSPS) is 20.9. The van der Waals surface area contributed by atoms with Crippen molar-refractivity contribution in [2.75, 3.05) is 11.9 Å². The lowest BCUT2D eigenvalue weighted by molar-refractivity contribution is -0.115. The predicted octanol–water partition coefficient (Wildman–Crippen LogP) is 4.10. The maximum atomic E-state index is 11.9. The van der Waals surface area contributed by atoms with Crippen LogP contribution in [-0.2, 0) is 4.79 Å². The molecule has 1 atom stereocenters. The summed E-state index contributed by atoms with van der Waals surface area (Å²) in [6.07, 6.45) is 3.42. The first-order chi connectivity index (χ1) is 9.37. The van der Waals surface area contributed by atoms with E-state index in [0.29, 0.717) is 27.2 Å². The van der Waals surface area contributed by atoms with E-state index >= 15 is 0 Å². The third-order valence-corrected chi connectivity index (χ3v) is 4.38. The minimum absolute atomic E-state index is 0.121. The molecule has 1 amide bonds. The zero-order valence-electron chi connectivity index (χ0n) is 11.8. The quantitative estimate of drug-likeness (QED) is 0.878. The van der Waals surface area contributed by atoms with Gasteiger partial charge in [-0.15, -0.1) is 0 Å². The summed E-state index contributed by atoms with van der Waals surface area (Å²) in [5.74, 6) is -0.121. The SMILES string of the molecule is CC1(C)CCC(NCC(=O)Nc2c(Cl)cccc2Cl)C1. The molecule has 110 valence electrons. The minimum Gasteiger partial charge on any atom is -0.322 e. The number of halogens is 2. The maximum absolute atomic E-state index is 11.9. The van der Waals surface area contributed by atoms with Crippen LogP contribution in [0.3, 0.4) is 0 Å². The molecule has 0 heterocycles. The van der Waals surface area contributed by atoms with Crippen molar-refractivity contribution in [3.63, 3.8) is 0 Å². The highest BCUT2D eigenvalue weighted by Crippen LogP contribution is 2.36. The Morgan fingerprint density at radius 1 is 1.35 bits per heavy atom. The van der Waals surface area contributed by atoms with Gasteiger partial charge in [-0.25, -0.2) is 0 Å². The smallest absolute Gasteiger partial charge is 0.238 e. The molecule has 0 aromatic heterocycles. The van der Waals surface area contributed by atoms with E-state index in [9.17, 15) is 4.79 Å².